The zero-order valence-corrected chi connectivity index (χ0v) is 10.5. The van der Waals surface area contributed by atoms with E-state index < -0.39 is 0 Å². The van der Waals surface area contributed by atoms with Crippen molar-refractivity contribution in [1.29, 1.82) is 0 Å². The summed E-state index contributed by atoms with van der Waals surface area (Å²) in [6.45, 7) is 2.06. The molecule has 1 saturated heterocycles. The Balaban J connectivity index is 1.89. The van der Waals surface area contributed by atoms with Crippen LogP contribution in [0.1, 0.15) is 0 Å². The first-order valence-corrected chi connectivity index (χ1v) is 5.89. The molecular weight excluding hydrogens is 252 g/mol. The number of amides is 1. The summed E-state index contributed by atoms with van der Waals surface area (Å²) in [6, 6.07) is 7.42. The SMILES string of the molecule is O=CNNc1ccc(NC(=S)N2CCOC2)cc1. The topological polar surface area (TPSA) is 65.6 Å². The van der Waals surface area contributed by atoms with Gasteiger partial charge >= 0.3 is 0 Å². The first kappa shape index (κ1) is 12.6. The van der Waals surface area contributed by atoms with Crippen LogP contribution in [0.5, 0.6) is 0 Å². The van der Waals surface area contributed by atoms with Gasteiger partial charge in [-0.2, -0.15) is 0 Å². The summed E-state index contributed by atoms with van der Waals surface area (Å²) in [5.74, 6) is 0. The van der Waals surface area contributed by atoms with E-state index in [1.807, 2.05) is 29.2 Å². The lowest BCUT2D eigenvalue weighted by molar-refractivity contribution is -0.109. The third kappa shape index (κ3) is 3.31. The van der Waals surface area contributed by atoms with Crippen molar-refractivity contribution in [3.05, 3.63) is 24.3 Å². The van der Waals surface area contributed by atoms with E-state index in [1.165, 1.54) is 0 Å². The molecule has 3 N–H and O–H groups in total. The van der Waals surface area contributed by atoms with Gasteiger partial charge in [-0.15, -0.1) is 0 Å². The van der Waals surface area contributed by atoms with Crippen LogP contribution in [-0.2, 0) is 9.53 Å². The van der Waals surface area contributed by atoms with Crippen molar-refractivity contribution >= 4 is 35.1 Å². The van der Waals surface area contributed by atoms with Gasteiger partial charge in [-0.05, 0) is 36.5 Å². The van der Waals surface area contributed by atoms with E-state index in [9.17, 15) is 4.79 Å². The highest BCUT2D eigenvalue weighted by Gasteiger charge is 2.14. The Bertz CT molecular complexity index is 418. The molecular formula is C11H14N4O2S. The molecule has 6 nitrogen and oxygen atoms in total. The second-order valence-corrected chi connectivity index (χ2v) is 4.08. The van der Waals surface area contributed by atoms with Gasteiger partial charge in [-0.3, -0.25) is 15.6 Å². The highest BCUT2D eigenvalue weighted by atomic mass is 32.1. The number of hydrogen-bond donors (Lipinski definition) is 3. The van der Waals surface area contributed by atoms with Gasteiger partial charge in [0.25, 0.3) is 0 Å². The molecule has 0 spiro atoms. The Morgan fingerprint density at radius 2 is 2.06 bits per heavy atom. The average molecular weight is 266 g/mol. The summed E-state index contributed by atoms with van der Waals surface area (Å²) < 4.78 is 5.23. The van der Waals surface area contributed by atoms with Crippen LogP contribution in [0, 0.1) is 0 Å². The molecule has 1 fully saturated rings. The zero-order valence-electron chi connectivity index (χ0n) is 9.68. The van der Waals surface area contributed by atoms with E-state index in [0.717, 1.165) is 17.9 Å². The maximum atomic E-state index is 10.1. The van der Waals surface area contributed by atoms with Crippen LogP contribution in [0.2, 0.25) is 0 Å². The fourth-order valence-electron chi connectivity index (χ4n) is 1.53. The summed E-state index contributed by atoms with van der Waals surface area (Å²) in [4.78, 5) is 12.1. The molecule has 1 amide bonds. The first-order valence-electron chi connectivity index (χ1n) is 5.48. The molecule has 0 bridgehead atoms. The monoisotopic (exact) mass is 266 g/mol. The Morgan fingerprint density at radius 1 is 1.33 bits per heavy atom. The highest BCUT2D eigenvalue weighted by molar-refractivity contribution is 7.80. The number of carbonyl (C=O) groups excluding carboxylic acids is 1. The Morgan fingerprint density at radius 3 is 2.67 bits per heavy atom. The molecule has 0 saturated carbocycles. The van der Waals surface area contributed by atoms with Crippen LogP contribution in [0.15, 0.2) is 24.3 Å². The van der Waals surface area contributed by atoms with Crippen molar-refractivity contribution in [2.45, 2.75) is 0 Å². The van der Waals surface area contributed by atoms with Crippen molar-refractivity contribution in [3.63, 3.8) is 0 Å². The quantitative estimate of drug-likeness (QED) is 0.424. The number of hydrogen-bond acceptors (Lipinski definition) is 4. The third-order valence-corrected chi connectivity index (χ3v) is 2.81. The lowest BCUT2D eigenvalue weighted by Crippen LogP contribution is -2.32. The average Bonchev–Trinajstić information content (AvgIpc) is 2.92. The molecule has 1 aliphatic heterocycles. The van der Waals surface area contributed by atoms with Crippen molar-refractivity contribution < 1.29 is 9.53 Å². The molecule has 0 aliphatic carbocycles. The molecule has 0 radical (unpaired) electrons. The predicted octanol–water partition coefficient (Wildman–Crippen LogP) is 0.746. The number of anilines is 2. The van der Waals surface area contributed by atoms with Gasteiger partial charge in [0, 0.05) is 12.2 Å². The van der Waals surface area contributed by atoms with Crippen molar-refractivity contribution in [3.8, 4) is 0 Å². The molecule has 0 atom stereocenters. The van der Waals surface area contributed by atoms with Gasteiger partial charge in [-0.25, -0.2) is 0 Å². The minimum absolute atomic E-state index is 0.536. The molecule has 0 unspecified atom stereocenters. The normalized spacial score (nSPS) is 14.1. The smallest absolute Gasteiger partial charge is 0.225 e. The van der Waals surface area contributed by atoms with Crippen LogP contribution < -0.4 is 16.2 Å². The zero-order chi connectivity index (χ0) is 12.8. The van der Waals surface area contributed by atoms with Crippen LogP contribution in [0.25, 0.3) is 0 Å². The van der Waals surface area contributed by atoms with Crippen LogP contribution >= 0.6 is 12.2 Å². The summed E-state index contributed by atoms with van der Waals surface area (Å²) in [6.07, 6.45) is 0.578. The summed E-state index contributed by atoms with van der Waals surface area (Å²) >= 11 is 5.26. The molecule has 0 aromatic heterocycles. The number of nitrogens with one attached hydrogen (secondary N) is 3. The fourth-order valence-corrected chi connectivity index (χ4v) is 1.79. The highest BCUT2D eigenvalue weighted by Crippen LogP contribution is 2.14. The van der Waals surface area contributed by atoms with E-state index in [1.54, 1.807) is 0 Å². The van der Waals surface area contributed by atoms with Gasteiger partial charge in [0.15, 0.2) is 5.11 Å². The van der Waals surface area contributed by atoms with Crippen LogP contribution in [0.4, 0.5) is 11.4 Å². The molecule has 1 aromatic rings. The maximum Gasteiger partial charge on any atom is 0.225 e. The van der Waals surface area contributed by atoms with Gasteiger partial charge in [0.05, 0.1) is 12.3 Å². The number of carbonyl (C=O) groups is 1. The summed E-state index contributed by atoms with van der Waals surface area (Å²) in [5, 5.41) is 3.78. The van der Waals surface area contributed by atoms with Crippen molar-refractivity contribution in [2.75, 3.05) is 30.6 Å². The second-order valence-electron chi connectivity index (χ2n) is 3.70. The number of benzene rings is 1. The van der Waals surface area contributed by atoms with E-state index >= 15 is 0 Å². The van der Waals surface area contributed by atoms with E-state index in [4.69, 9.17) is 17.0 Å². The standard InChI is InChI=1S/C11H14N4O2S/c16-7-12-14-10-3-1-9(2-4-10)13-11(18)15-5-6-17-8-15/h1-4,7,14H,5-6,8H2,(H,12,16)(H,13,18). The third-order valence-electron chi connectivity index (χ3n) is 2.45. The maximum absolute atomic E-state index is 10.1. The van der Waals surface area contributed by atoms with Crippen LogP contribution in [-0.4, -0.2) is 36.3 Å². The van der Waals surface area contributed by atoms with Gasteiger partial charge in [0.2, 0.25) is 6.41 Å². The number of rotatable bonds is 4. The molecule has 2 rings (SSSR count). The van der Waals surface area contributed by atoms with E-state index in [2.05, 4.69) is 16.2 Å². The number of ether oxygens (including phenoxy) is 1. The summed E-state index contributed by atoms with van der Waals surface area (Å²) in [7, 11) is 0. The Hall–Kier alpha value is -1.86. The van der Waals surface area contributed by atoms with Crippen molar-refractivity contribution in [1.82, 2.24) is 10.3 Å². The number of nitrogens with zero attached hydrogens (tertiary/aromatic N) is 1. The van der Waals surface area contributed by atoms with Gasteiger partial charge in [0.1, 0.15) is 6.73 Å². The fraction of sp³-hybridized carbons (Fsp3) is 0.273. The Kier molecular flexibility index (Phi) is 4.32. The lowest BCUT2D eigenvalue weighted by Gasteiger charge is -2.18. The minimum atomic E-state index is 0.536. The van der Waals surface area contributed by atoms with E-state index in [0.29, 0.717) is 24.9 Å². The summed E-state index contributed by atoms with van der Waals surface area (Å²) in [5.41, 5.74) is 6.78. The molecule has 7 heteroatoms. The predicted molar refractivity (Wildman–Crippen MR) is 73.0 cm³/mol. The van der Waals surface area contributed by atoms with Crippen molar-refractivity contribution in [2.24, 2.45) is 0 Å². The number of hydrazine groups is 1. The molecule has 1 heterocycles. The lowest BCUT2D eigenvalue weighted by atomic mass is 10.3. The van der Waals surface area contributed by atoms with Gasteiger partial charge in [-0.1, -0.05) is 0 Å². The number of thiocarbonyl (C=S) groups is 1. The molecule has 18 heavy (non-hydrogen) atoms. The van der Waals surface area contributed by atoms with Crippen LogP contribution in [0.3, 0.4) is 0 Å². The second kappa shape index (κ2) is 6.18. The minimum Gasteiger partial charge on any atom is -0.359 e. The van der Waals surface area contributed by atoms with Gasteiger partial charge < -0.3 is 15.0 Å². The largest absolute Gasteiger partial charge is 0.359 e. The molecule has 96 valence electrons. The first-order chi connectivity index (χ1) is 8.79. The Labute approximate surface area is 110 Å². The van der Waals surface area contributed by atoms with E-state index in [-0.39, 0.29) is 0 Å². The molecule has 1 aromatic carbocycles. The molecule has 1 aliphatic rings.